The zero-order valence-corrected chi connectivity index (χ0v) is 13.6. The number of hydrogen-bond acceptors (Lipinski definition) is 3. The van der Waals surface area contributed by atoms with E-state index in [1.54, 1.807) is 11.3 Å². The maximum Gasteiger partial charge on any atom is 0.236 e. The molecule has 108 valence electrons. The van der Waals surface area contributed by atoms with E-state index in [0.717, 1.165) is 6.54 Å². The highest BCUT2D eigenvalue weighted by atomic mass is 32.1. The Bertz CT molecular complexity index is 426. The number of carbonyl (C=O) groups is 1. The monoisotopic (exact) mass is 282 g/mol. The molecule has 1 aromatic heterocycles. The van der Waals surface area contributed by atoms with Crippen molar-refractivity contribution in [2.75, 3.05) is 6.54 Å². The van der Waals surface area contributed by atoms with Crippen LogP contribution in [0.1, 0.15) is 49.1 Å². The normalized spacial score (nSPS) is 14.5. The maximum atomic E-state index is 11.9. The summed E-state index contributed by atoms with van der Waals surface area (Å²) in [5, 5.41) is 6.33. The Morgan fingerprint density at radius 2 is 1.89 bits per heavy atom. The molecule has 2 unspecified atom stereocenters. The molecule has 0 aliphatic carbocycles. The standard InChI is InChI=1S/C15H26N2OS/c1-9(2)8-16-15(18)12(5)17-11(4)14-7-10(3)19-13(14)6/h7,9,11-12,17H,8H2,1-6H3,(H,16,18). The molecule has 0 spiro atoms. The number of carbonyl (C=O) groups excluding carboxylic acids is 1. The summed E-state index contributed by atoms with van der Waals surface area (Å²) in [6.07, 6.45) is 0. The first-order valence-corrected chi connectivity index (χ1v) is 7.73. The molecular weight excluding hydrogens is 256 g/mol. The fraction of sp³-hybridized carbons (Fsp3) is 0.667. The molecule has 4 heteroatoms. The minimum absolute atomic E-state index is 0.0742. The summed E-state index contributed by atoms with van der Waals surface area (Å²) in [7, 11) is 0. The van der Waals surface area contributed by atoms with E-state index in [1.165, 1.54) is 15.3 Å². The number of hydrogen-bond donors (Lipinski definition) is 2. The van der Waals surface area contributed by atoms with Gasteiger partial charge in [0.15, 0.2) is 0 Å². The average molecular weight is 282 g/mol. The van der Waals surface area contributed by atoms with Crippen LogP contribution in [-0.2, 0) is 4.79 Å². The van der Waals surface area contributed by atoms with E-state index in [-0.39, 0.29) is 18.0 Å². The molecule has 0 aromatic carbocycles. The van der Waals surface area contributed by atoms with Crippen LogP contribution < -0.4 is 10.6 Å². The number of thiophene rings is 1. The lowest BCUT2D eigenvalue weighted by atomic mass is 10.1. The third kappa shape index (κ3) is 4.96. The van der Waals surface area contributed by atoms with Crippen LogP contribution >= 0.6 is 11.3 Å². The lowest BCUT2D eigenvalue weighted by Gasteiger charge is -2.20. The summed E-state index contributed by atoms with van der Waals surface area (Å²) < 4.78 is 0. The summed E-state index contributed by atoms with van der Waals surface area (Å²) >= 11 is 1.81. The van der Waals surface area contributed by atoms with Crippen molar-refractivity contribution in [2.45, 2.75) is 53.6 Å². The molecular formula is C15H26N2OS. The van der Waals surface area contributed by atoms with Gasteiger partial charge in [-0.05, 0) is 45.2 Å². The van der Waals surface area contributed by atoms with Crippen LogP contribution in [0.5, 0.6) is 0 Å². The Labute approximate surface area is 120 Å². The van der Waals surface area contributed by atoms with Gasteiger partial charge in [-0.2, -0.15) is 0 Å². The fourth-order valence-electron chi connectivity index (χ4n) is 2.08. The quantitative estimate of drug-likeness (QED) is 0.841. The van der Waals surface area contributed by atoms with E-state index < -0.39 is 0 Å². The largest absolute Gasteiger partial charge is 0.354 e. The van der Waals surface area contributed by atoms with Crippen molar-refractivity contribution in [2.24, 2.45) is 5.92 Å². The van der Waals surface area contributed by atoms with Crippen LogP contribution in [0.4, 0.5) is 0 Å². The Kier molecular flexibility index (Phi) is 6.01. The molecule has 0 fully saturated rings. The Morgan fingerprint density at radius 1 is 1.26 bits per heavy atom. The molecule has 2 N–H and O–H groups in total. The van der Waals surface area contributed by atoms with Gasteiger partial charge in [0, 0.05) is 22.3 Å². The maximum absolute atomic E-state index is 11.9. The predicted octanol–water partition coefficient (Wildman–Crippen LogP) is 3.18. The lowest BCUT2D eigenvalue weighted by Crippen LogP contribution is -2.44. The molecule has 0 radical (unpaired) electrons. The molecule has 2 atom stereocenters. The Morgan fingerprint density at radius 3 is 2.37 bits per heavy atom. The van der Waals surface area contributed by atoms with Crippen LogP contribution in [0.15, 0.2) is 6.07 Å². The molecule has 0 saturated carbocycles. The average Bonchev–Trinajstić information content (AvgIpc) is 2.65. The highest BCUT2D eigenvalue weighted by Gasteiger charge is 2.18. The Balaban J connectivity index is 2.54. The highest BCUT2D eigenvalue weighted by Crippen LogP contribution is 2.26. The lowest BCUT2D eigenvalue weighted by molar-refractivity contribution is -0.123. The van der Waals surface area contributed by atoms with E-state index in [1.807, 2.05) is 6.92 Å². The zero-order valence-electron chi connectivity index (χ0n) is 12.8. The van der Waals surface area contributed by atoms with Gasteiger partial charge in [0.05, 0.1) is 6.04 Å². The first-order valence-electron chi connectivity index (χ1n) is 6.92. The Hall–Kier alpha value is -0.870. The van der Waals surface area contributed by atoms with Crippen molar-refractivity contribution >= 4 is 17.2 Å². The summed E-state index contributed by atoms with van der Waals surface area (Å²) in [4.78, 5) is 14.6. The second kappa shape index (κ2) is 7.06. The van der Waals surface area contributed by atoms with E-state index in [9.17, 15) is 4.79 Å². The molecule has 0 aliphatic rings. The SMILES string of the molecule is Cc1cc(C(C)NC(C)C(=O)NCC(C)C)c(C)s1. The van der Waals surface area contributed by atoms with Crippen LogP contribution in [0, 0.1) is 19.8 Å². The van der Waals surface area contributed by atoms with Crippen molar-refractivity contribution in [1.82, 2.24) is 10.6 Å². The summed E-state index contributed by atoms with van der Waals surface area (Å²) in [6.45, 7) is 13.2. The summed E-state index contributed by atoms with van der Waals surface area (Å²) in [6, 6.07) is 2.23. The van der Waals surface area contributed by atoms with Crippen LogP contribution in [-0.4, -0.2) is 18.5 Å². The van der Waals surface area contributed by atoms with Gasteiger partial charge in [0.25, 0.3) is 0 Å². The van der Waals surface area contributed by atoms with Gasteiger partial charge < -0.3 is 5.32 Å². The topological polar surface area (TPSA) is 41.1 Å². The second-order valence-electron chi connectivity index (χ2n) is 5.62. The van der Waals surface area contributed by atoms with Gasteiger partial charge >= 0.3 is 0 Å². The van der Waals surface area contributed by atoms with Gasteiger partial charge in [0.2, 0.25) is 5.91 Å². The van der Waals surface area contributed by atoms with Gasteiger partial charge in [-0.25, -0.2) is 0 Å². The summed E-state index contributed by atoms with van der Waals surface area (Å²) in [5.41, 5.74) is 1.30. The molecule has 3 nitrogen and oxygen atoms in total. The van der Waals surface area contributed by atoms with Gasteiger partial charge in [-0.15, -0.1) is 11.3 Å². The van der Waals surface area contributed by atoms with Gasteiger partial charge in [-0.3, -0.25) is 10.1 Å². The predicted molar refractivity (Wildman–Crippen MR) is 82.7 cm³/mol. The first-order chi connectivity index (χ1) is 8.81. The van der Waals surface area contributed by atoms with Crippen LogP contribution in [0.2, 0.25) is 0 Å². The molecule has 1 amide bonds. The van der Waals surface area contributed by atoms with E-state index in [0.29, 0.717) is 5.92 Å². The van der Waals surface area contributed by atoms with Crippen molar-refractivity contribution in [3.63, 3.8) is 0 Å². The van der Waals surface area contributed by atoms with E-state index in [2.05, 4.69) is 51.3 Å². The summed E-state index contributed by atoms with van der Waals surface area (Å²) in [5.74, 6) is 0.556. The van der Waals surface area contributed by atoms with Crippen LogP contribution in [0.3, 0.4) is 0 Å². The molecule has 0 aliphatic heterocycles. The smallest absolute Gasteiger partial charge is 0.236 e. The van der Waals surface area contributed by atoms with Crippen molar-refractivity contribution in [3.05, 3.63) is 21.4 Å². The van der Waals surface area contributed by atoms with Crippen molar-refractivity contribution in [1.29, 1.82) is 0 Å². The van der Waals surface area contributed by atoms with Gasteiger partial charge in [0.1, 0.15) is 0 Å². The fourth-order valence-corrected chi connectivity index (χ4v) is 3.10. The molecule has 1 rings (SSSR count). The van der Waals surface area contributed by atoms with E-state index >= 15 is 0 Å². The van der Waals surface area contributed by atoms with Crippen molar-refractivity contribution in [3.8, 4) is 0 Å². The van der Waals surface area contributed by atoms with Crippen LogP contribution in [0.25, 0.3) is 0 Å². The molecule has 0 saturated heterocycles. The highest BCUT2D eigenvalue weighted by molar-refractivity contribution is 7.12. The minimum atomic E-state index is -0.173. The molecule has 1 aromatic rings. The third-order valence-electron chi connectivity index (χ3n) is 3.12. The number of nitrogens with one attached hydrogen (secondary N) is 2. The second-order valence-corrected chi connectivity index (χ2v) is 7.08. The minimum Gasteiger partial charge on any atom is -0.354 e. The molecule has 19 heavy (non-hydrogen) atoms. The zero-order chi connectivity index (χ0) is 14.6. The molecule has 0 bridgehead atoms. The molecule has 1 heterocycles. The number of rotatable bonds is 6. The third-order valence-corrected chi connectivity index (χ3v) is 4.11. The van der Waals surface area contributed by atoms with Gasteiger partial charge in [-0.1, -0.05) is 13.8 Å². The number of amides is 1. The number of aryl methyl sites for hydroxylation is 2. The first kappa shape index (κ1) is 16.2. The van der Waals surface area contributed by atoms with Crippen molar-refractivity contribution < 1.29 is 4.79 Å². The van der Waals surface area contributed by atoms with E-state index in [4.69, 9.17) is 0 Å².